The molecule has 21 heavy (non-hydrogen) atoms. The van der Waals surface area contributed by atoms with Crippen LogP contribution in [0.5, 0.6) is 5.75 Å². The number of methoxy groups -OCH3 is 1. The van der Waals surface area contributed by atoms with Crippen molar-refractivity contribution in [1.29, 1.82) is 0 Å². The molecule has 0 bridgehead atoms. The van der Waals surface area contributed by atoms with Gasteiger partial charge in [0.1, 0.15) is 5.75 Å². The van der Waals surface area contributed by atoms with Crippen molar-refractivity contribution >= 4 is 38.4 Å². The Kier molecular flexibility index (Phi) is 3.62. The van der Waals surface area contributed by atoms with Gasteiger partial charge in [-0.15, -0.1) is 0 Å². The zero-order chi connectivity index (χ0) is 14.8. The minimum absolute atomic E-state index is 0.271. The molecule has 1 aromatic heterocycles. The molecule has 0 saturated carbocycles. The lowest BCUT2D eigenvalue weighted by Gasteiger charge is -2.07. The van der Waals surface area contributed by atoms with Crippen LogP contribution in [0.3, 0.4) is 0 Å². The number of aromatic nitrogens is 2. The number of anilines is 1. The lowest BCUT2D eigenvalue weighted by molar-refractivity contribution is 0.102. The predicted molar refractivity (Wildman–Crippen MR) is 84.7 cm³/mol. The number of benzene rings is 2. The van der Waals surface area contributed by atoms with Gasteiger partial charge in [0, 0.05) is 21.6 Å². The summed E-state index contributed by atoms with van der Waals surface area (Å²) in [5, 5.41) is 10.5. The first kappa shape index (κ1) is 13.6. The summed E-state index contributed by atoms with van der Waals surface area (Å²) in [6, 6.07) is 12.9. The summed E-state index contributed by atoms with van der Waals surface area (Å²) >= 11 is 3.38. The van der Waals surface area contributed by atoms with Crippen LogP contribution in [0.25, 0.3) is 10.9 Å². The molecule has 1 heterocycles. The second-order valence-electron chi connectivity index (χ2n) is 4.45. The van der Waals surface area contributed by atoms with Crippen LogP contribution in [0.1, 0.15) is 10.5 Å². The molecule has 2 N–H and O–H groups in total. The van der Waals surface area contributed by atoms with Gasteiger partial charge in [-0.05, 0) is 18.2 Å². The van der Waals surface area contributed by atoms with Gasteiger partial charge in [-0.25, -0.2) is 0 Å². The maximum atomic E-state index is 12.4. The fourth-order valence-corrected chi connectivity index (χ4v) is 2.55. The maximum absolute atomic E-state index is 12.4. The number of nitrogens with one attached hydrogen (secondary N) is 2. The molecule has 0 atom stereocenters. The first-order valence-corrected chi connectivity index (χ1v) is 7.06. The average Bonchev–Trinajstić information content (AvgIpc) is 2.90. The van der Waals surface area contributed by atoms with Crippen molar-refractivity contribution in [3.8, 4) is 5.75 Å². The molecule has 0 aliphatic rings. The minimum atomic E-state index is -0.271. The number of amides is 1. The Labute approximate surface area is 129 Å². The van der Waals surface area contributed by atoms with E-state index in [1.165, 1.54) is 0 Å². The van der Waals surface area contributed by atoms with Gasteiger partial charge >= 0.3 is 0 Å². The normalized spacial score (nSPS) is 10.6. The van der Waals surface area contributed by atoms with E-state index >= 15 is 0 Å². The van der Waals surface area contributed by atoms with E-state index in [1.807, 2.05) is 30.3 Å². The molecule has 0 aliphatic heterocycles. The summed E-state index contributed by atoms with van der Waals surface area (Å²) in [6.45, 7) is 0. The van der Waals surface area contributed by atoms with Crippen LogP contribution >= 0.6 is 15.9 Å². The summed E-state index contributed by atoms with van der Waals surface area (Å²) in [7, 11) is 1.58. The van der Waals surface area contributed by atoms with E-state index in [1.54, 1.807) is 19.2 Å². The van der Waals surface area contributed by atoms with Crippen molar-refractivity contribution in [2.45, 2.75) is 0 Å². The van der Waals surface area contributed by atoms with Crippen LogP contribution in [0.4, 0.5) is 5.69 Å². The largest absolute Gasteiger partial charge is 0.497 e. The quantitative estimate of drug-likeness (QED) is 0.762. The number of para-hydroxylation sites is 1. The Bertz CT molecular complexity index is 814. The van der Waals surface area contributed by atoms with Crippen LogP contribution in [-0.4, -0.2) is 23.2 Å². The summed E-state index contributed by atoms with van der Waals surface area (Å²) in [5.41, 5.74) is 1.83. The van der Waals surface area contributed by atoms with Gasteiger partial charge in [-0.2, -0.15) is 5.10 Å². The third-order valence-electron chi connectivity index (χ3n) is 3.05. The van der Waals surface area contributed by atoms with Crippen molar-refractivity contribution in [3.05, 3.63) is 52.6 Å². The maximum Gasteiger partial charge on any atom is 0.276 e. The smallest absolute Gasteiger partial charge is 0.276 e. The molecule has 0 unspecified atom stereocenters. The highest BCUT2D eigenvalue weighted by Gasteiger charge is 2.14. The Balaban J connectivity index is 1.91. The summed E-state index contributed by atoms with van der Waals surface area (Å²) in [6.07, 6.45) is 0. The van der Waals surface area contributed by atoms with Gasteiger partial charge in [0.25, 0.3) is 5.91 Å². The number of halogens is 1. The van der Waals surface area contributed by atoms with E-state index in [-0.39, 0.29) is 5.91 Å². The Hall–Kier alpha value is -2.34. The fourth-order valence-electron chi connectivity index (χ4n) is 2.08. The molecule has 3 aromatic rings. The van der Waals surface area contributed by atoms with Gasteiger partial charge in [0.15, 0.2) is 5.69 Å². The molecule has 0 radical (unpaired) electrons. The molecule has 6 heteroatoms. The van der Waals surface area contributed by atoms with Crippen LogP contribution in [0, 0.1) is 0 Å². The zero-order valence-electron chi connectivity index (χ0n) is 11.2. The lowest BCUT2D eigenvalue weighted by atomic mass is 10.2. The summed E-state index contributed by atoms with van der Waals surface area (Å²) in [4.78, 5) is 12.4. The predicted octanol–water partition coefficient (Wildman–Crippen LogP) is 3.59. The van der Waals surface area contributed by atoms with Gasteiger partial charge in [0.05, 0.1) is 12.6 Å². The molecule has 5 nitrogen and oxygen atoms in total. The Morgan fingerprint density at radius 2 is 2.10 bits per heavy atom. The van der Waals surface area contributed by atoms with Gasteiger partial charge in [0.2, 0.25) is 0 Å². The standard InChI is InChI=1S/C15H12BrN3O2/c1-21-11-7-9(16)6-10(8-11)17-15(20)14-12-4-2-3-5-13(12)18-19-14/h2-8H,1H3,(H,17,20)(H,18,19). The van der Waals surface area contributed by atoms with Crippen LogP contribution in [-0.2, 0) is 0 Å². The molecule has 0 spiro atoms. The van der Waals surface area contributed by atoms with Crippen molar-refractivity contribution in [3.63, 3.8) is 0 Å². The second-order valence-corrected chi connectivity index (χ2v) is 5.37. The molecule has 0 saturated heterocycles. The number of H-pyrrole nitrogens is 1. The van der Waals surface area contributed by atoms with Crippen LogP contribution in [0.15, 0.2) is 46.9 Å². The first-order chi connectivity index (χ1) is 10.2. The monoisotopic (exact) mass is 345 g/mol. The van der Waals surface area contributed by atoms with Gasteiger partial charge < -0.3 is 10.1 Å². The number of carbonyl (C=O) groups excluding carboxylic acids is 1. The highest BCUT2D eigenvalue weighted by atomic mass is 79.9. The first-order valence-electron chi connectivity index (χ1n) is 6.26. The third-order valence-corrected chi connectivity index (χ3v) is 3.51. The number of hydrogen-bond acceptors (Lipinski definition) is 3. The van der Waals surface area contributed by atoms with Crippen molar-refractivity contribution in [2.75, 3.05) is 12.4 Å². The van der Waals surface area contributed by atoms with E-state index in [4.69, 9.17) is 4.74 Å². The lowest BCUT2D eigenvalue weighted by Crippen LogP contribution is -2.12. The molecule has 2 aromatic carbocycles. The topological polar surface area (TPSA) is 67.0 Å². The number of ether oxygens (including phenoxy) is 1. The number of fused-ring (bicyclic) bond motifs is 1. The van der Waals surface area contributed by atoms with E-state index in [0.29, 0.717) is 17.1 Å². The van der Waals surface area contributed by atoms with Gasteiger partial charge in [-0.3, -0.25) is 9.89 Å². The van der Waals surface area contributed by atoms with Crippen molar-refractivity contribution in [2.24, 2.45) is 0 Å². The number of hydrogen-bond donors (Lipinski definition) is 2. The molecular formula is C15H12BrN3O2. The molecule has 3 rings (SSSR count). The Morgan fingerprint density at radius 3 is 2.90 bits per heavy atom. The summed E-state index contributed by atoms with van der Waals surface area (Å²) in [5.74, 6) is 0.388. The Morgan fingerprint density at radius 1 is 1.29 bits per heavy atom. The number of rotatable bonds is 3. The second kappa shape index (κ2) is 5.57. The zero-order valence-corrected chi connectivity index (χ0v) is 12.8. The number of aromatic amines is 1. The van der Waals surface area contributed by atoms with Crippen LogP contribution < -0.4 is 10.1 Å². The molecular weight excluding hydrogens is 334 g/mol. The minimum Gasteiger partial charge on any atom is -0.497 e. The average molecular weight is 346 g/mol. The van der Waals surface area contributed by atoms with E-state index in [0.717, 1.165) is 15.4 Å². The number of nitrogens with zero attached hydrogens (tertiary/aromatic N) is 1. The van der Waals surface area contributed by atoms with E-state index in [9.17, 15) is 4.79 Å². The number of carbonyl (C=O) groups is 1. The SMILES string of the molecule is COc1cc(Br)cc(NC(=O)c2n[nH]c3ccccc23)c1. The van der Waals surface area contributed by atoms with E-state index < -0.39 is 0 Å². The molecule has 0 fully saturated rings. The van der Waals surface area contributed by atoms with Crippen molar-refractivity contribution in [1.82, 2.24) is 10.2 Å². The fraction of sp³-hybridized carbons (Fsp3) is 0.0667. The summed E-state index contributed by atoms with van der Waals surface area (Å²) < 4.78 is 6.00. The molecule has 106 valence electrons. The highest BCUT2D eigenvalue weighted by molar-refractivity contribution is 9.10. The molecule has 0 aliphatic carbocycles. The molecule has 1 amide bonds. The van der Waals surface area contributed by atoms with Crippen molar-refractivity contribution < 1.29 is 9.53 Å². The van der Waals surface area contributed by atoms with E-state index in [2.05, 4.69) is 31.4 Å². The highest BCUT2D eigenvalue weighted by Crippen LogP contribution is 2.25. The van der Waals surface area contributed by atoms with Gasteiger partial charge in [-0.1, -0.05) is 34.1 Å². The van der Waals surface area contributed by atoms with Crippen LogP contribution in [0.2, 0.25) is 0 Å². The third kappa shape index (κ3) is 2.75.